The Labute approximate surface area is 177 Å². The first-order chi connectivity index (χ1) is 15.3. The average molecular weight is 394 g/mol. The topological polar surface area (TPSA) is 9.34 Å². The highest BCUT2D eigenvalue weighted by molar-refractivity contribution is 6.32. The molecular weight excluding hydrogens is 376 g/mol. The lowest BCUT2D eigenvalue weighted by atomic mass is 10.0. The normalized spacial score (nSPS) is 12.7. The first-order valence-corrected chi connectivity index (χ1v) is 10.8. The summed E-state index contributed by atoms with van der Waals surface area (Å²) >= 11 is 0. The molecule has 0 bridgehead atoms. The van der Waals surface area contributed by atoms with Gasteiger partial charge in [0, 0.05) is 44.9 Å². The lowest BCUT2D eigenvalue weighted by molar-refractivity contribution is 1.01. The molecular formula is C29H18N2. The van der Waals surface area contributed by atoms with E-state index in [1.165, 1.54) is 70.7 Å². The molecule has 8 rings (SSSR count). The number of nitrogens with zero attached hydrogens (tertiary/aromatic N) is 2. The Balaban J connectivity index is 1.91. The van der Waals surface area contributed by atoms with Gasteiger partial charge in [-0.25, -0.2) is 0 Å². The van der Waals surface area contributed by atoms with Crippen molar-refractivity contribution in [2.45, 2.75) is 0 Å². The second-order valence-corrected chi connectivity index (χ2v) is 8.65. The third kappa shape index (κ3) is 1.69. The number of hydrogen-bond donors (Lipinski definition) is 0. The molecule has 0 unspecified atom stereocenters. The van der Waals surface area contributed by atoms with Crippen LogP contribution in [0.15, 0.2) is 91.0 Å². The zero-order valence-corrected chi connectivity index (χ0v) is 17.1. The number of benzene rings is 5. The van der Waals surface area contributed by atoms with Crippen molar-refractivity contribution in [1.29, 1.82) is 0 Å². The molecule has 0 fully saturated rings. The van der Waals surface area contributed by atoms with E-state index in [1.54, 1.807) is 0 Å². The lowest BCUT2D eigenvalue weighted by Crippen LogP contribution is -1.89. The van der Waals surface area contributed by atoms with Crippen molar-refractivity contribution in [2.24, 2.45) is 7.05 Å². The molecule has 8 aromatic rings. The molecule has 144 valence electrons. The van der Waals surface area contributed by atoms with E-state index in [2.05, 4.69) is 107 Å². The summed E-state index contributed by atoms with van der Waals surface area (Å²) in [7, 11) is 2.19. The van der Waals surface area contributed by atoms with E-state index in [9.17, 15) is 0 Å². The SMILES string of the molecule is Cn1c2cccc3c4cccc5c6ccc7ccccc7c6n(c6cccc1c6c32)c45. The summed E-state index contributed by atoms with van der Waals surface area (Å²) < 4.78 is 4.87. The quantitative estimate of drug-likeness (QED) is 0.250. The predicted molar refractivity (Wildman–Crippen MR) is 133 cm³/mol. The highest BCUT2D eigenvalue weighted by atomic mass is 15.0. The number of aromatic nitrogens is 2. The summed E-state index contributed by atoms with van der Waals surface area (Å²) in [4.78, 5) is 0. The van der Waals surface area contributed by atoms with Gasteiger partial charge in [0.25, 0.3) is 0 Å². The van der Waals surface area contributed by atoms with Gasteiger partial charge in [0.1, 0.15) is 0 Å². The Hall–Kier alpha value is -4.04. The maximum Gasteiger partial charge on any atom is 0.0620 e. The van der Waals surface area contributed by atoms with Crippen LogP contribution in [0.3, 0.4) is 0 Å². The zero-order valence-electron chi connectivity index (χ0n) is 17.1. The molecule has 0 aliphatic rings. The molecule has 0 N–H and O–H groups in total. The van der Waals surface area contributed by atoms with Crippen LogP contribution in [0.2, 0.25) is 0 Å². The minimum absolute atomic E-state index is 1.27. The largest absolute Gasteiger partial charge is 0.344 e. The van der Waals surface area contributed by atoms with Gasteiger partial charge >= 0.3 is 0 Å². The van der Waals surface area contributed by atoms with E-state index in [0.29, 0.717) is 0 Å². The summed E-state index contributed by atoms with van der Waals surface area (Å²) in [6, 6.07) is 33.6. The lowest BCUT2D eigenvalue weighted by Gasteiger charge is -2.05. The molecule has 2 heteroatoms. The van der Waals surface area contributed by atoms with Gasteiger partial charge in [0.15, 0.2) is 0 Å². The molecule has 3 heterocycles. The van der Waals surface area contributed by atoms with E-state index in [4.69, 9.17) is 0 Å². The van der Waals surface area contributed by atoms with E-state index >= 15 is 0 Å². The highest BCUT2D eigenvalue weighted by Gasteiger charge is 2.20. The molecule has 0 spiro atoms. The van der Waals surface area contributed by atoms with Gasteiger partial charge in [-0.3, -0.25) is 0 Å². The molecule has 5 aromatic carbocycles. The summed E-state index contributed by atoms with van der Waals surface area (Å²) in [6.07, 6.45) is 0. The standard InChI is InChI=1S/C29H18N2/c1-30-23-12-5-9-19-20-10-4-11-21-22-16-15-17-7-2-3-8-18(17)28(22)31(29(20)21)25-14-6-13-24(30)27(25)26(19)23/h2-16H,1H3. The second-order valence-electron chi connectivity index (χ2n) is 8.65. The summed E-state index contributed by atoms with van der Waals surface area (Å²) in [5, 5.41) is 10.6. The van der Waals surface area contributed by atoms with Gasteiger partial charge in [0.2, 0.25) is 0 Å². The molecule has 0 saturated carbocycles. The molecule has 0 radical (unpaired) electrons. The predicted octanol–water partition coefficient (Wildman–Crippen LogP) is 7.63. The average Bonchev–Trinajstić information content (AvgIpc) is 3.27. The van der Waals surface area contributed by atoms with Crippen molar-refractivity contribution < 1.29 is 0 Å². The van der Waals surface area contributed by atoms with Crippen LogP contribution in [-0.4, -0.2) is 8.97 Å². The first-order valence-electron chi connectivity index (χ1n) is 10.8. The van der Waals surface area contributed by atoms with Gasteiger partial charge in [0.05, 0.1) is 22.1 Å². The van der Waals surface area contributed by atoms with Crippen molar-refractivity contribution in [3.63, 3.8) is 0 Å². The molecule has 0 aliphatic heterocycles. The van der Waals surface area contributed by atoms with E-state index in [0.717, 1.165) is 0 Å². The fourth-order valence-corrected chi connectivity index (χ4v) is 5.97. The van der Waals surface area contributed by atoms with E-state index in [1.807, 2.05) is 0 Å². The smallest absolute Gasteiger partial charge is 0.0620 e. The number of hydrogen-bond acceptors (Lipinski definition) is 0. The van der Waals surface area contributed by atoms with Crippen molar-refractivity contribution in [3.8, 4) is 0 Å². The van der Waals surface area contributed by atoms with Gasteiger partial charge < -0.3 is 8.97 Å². The van der Waals surface area contributed by atoms with E-state index < -0.39 is 0 Å². The van der Waals surface area contributed by atoms with Gasteiger partial charge in [-0.1, -0.05) is 72.8 Å². The molecule has 0 atom stereocenters. The first kappa shape index (κ1) is 15.8. The van der Waals surface area contributed by atoms with Crippen LogP contribution in [0, 0.1) is 0 Å². The van der Waals surface area contributed by atoms with Crippen molar-refractivity contribution in [3.05, 3.63) is 91.0 Å². The second kappa shape index (κ2) is 5.16. The van der Waals surface area contributed by atoms with Crippen LogP contribution in [-0.2, 0) is 7.05 Å². The molecule has 0 saturated heterocycles. The monoisotopic (exact) mass is 394 g/mol. The van der Waals surface area contributed by atoms with Crippen molar-refractivity contribution >= 4 is 70.7 Å². The number of para-hydroxylation sites is 1. The summed E-state index contributed by atoms with van der Waals surface area (Å²) in [5.41, 5.74) is 6.46. The van der Waals surface area contributed by atoms with Gasteiger partial charge in [-0.15, -0.1) is 0 Å². The van der Waals surface area contributed by atoms with Gasteiger partial charge in [-0.2, -0.15) is 0 Å². The Morgan fingerprint density at radius 3 is 1.94 bits per heavy atom. The minimum atomic E-state index is 1.27. The van der Waals surface area contributed by atoms with Crippen LogP contribution in [0.5, 0.6) is 0 Å². The maximum absolute atomic E-state index is 2.53. The maximum atomic E-state index is 2.53. The van der Waals surface area contributed by atoms with E-state index in [-0.39, 0.29) is 0 Å². The van der Waals surface area contributed by atoms with Crippen LogP contribution in [0.25, 0.3) is 70.7 Å². The molecule has 0 amide bonds. The molecule has 2 nitrogen and oxygen atoms in total. The van der Waals surface area contributed by atoms with Crippen molar-refractivity contribution in [1.82, 2.24) is 8.97 Å². The Kier molecular flexibility index (Phi) is 2.62. The third-order valence-electron chi connectivity index (χ3n) is 7.24. The minimum Gasteiger partial charge on any atom is -0.344 e. The zero-order chi connectivity index (χ0) is 20.3. The molecule has 0 aliphatic carbocycles. The number of rotatable bonds is 0. The molecule has 3 aromatic heterocycles. The summed E-state index contributed by atoms with van der Waals surface area (Å²) in [6.45, 7) is 0. The van der Waals surface area contributed by atoms with Crippen molar-refractivity contribution in [2.75, 3.05) is 0 Å². The fraction of sp³-hybridized carbons (Fsp3) is 0.0345. The van der Waals surface area contributed by atoms with Crippen LogP contribution >= 0.6 is 0 Å². The number of fused-ring (bicyclic) bond motifs is 7. The Bertz CT molecular complexity index is 2000. The van der Waals surface area contributed by atoms with Crippen LogP contribution < -0.4 is 0 Å². The Morgan fingerprint density at radius 1 is 0.452 bits per heavy atom. The number of aryl methyl sites for hydroxylation is 1. The highest BCUT2D eigenvalue weighted by Crippen LogP contribution is 2.43. The van der Waals surface area contributed by atoms with Crippen LogP contribution in [0.4, 0.5) is 0 Å². The van der Waals surface area contributed by atoms with Gasteiger partial charge in [-0.05, 0) is 29.0 Å². The fourth-order valence-electron chi connectivity index (χ4n) is 5.97. The molecule has 31 heavy (non-hydrogen) atoms. The third-order valence-corrected chi connectivity index (χ3v) is 7.24. The summed E-state index contributed by atoms with van der Waals surface area (Å²) in [5.74, 6) is 0. The Morgan fingerprint density at radius 2 is 1.03 bits per heavy atom. The van der Waals surface area contributed by atoms with Crippen LogP contribution in [0.1, 0.15) is 0 Å².